The van der Waals surface area contributed by atoms with Crippen LogP contribution in [0.1, 0.15) is 57.8 Å². The van der Waals surface area contributed by atoms with E-state index in [-0.39, 0.29) is 11.9 Å². The molecule has 4 heteroatoms. The fourth-order valence-corrected chi connectivity index (χ4v) is 1.61. The average molecular weight is 223 g/mol. The standard InChI is InChI=1S/C12H21N3O/c1-3-4-5-6-7-11(16)15-10(2)12-13-8-9-14-12/h8-10H,3-7H2,1-2H3,(H,13,14)(H,15,16). The molecule has 0 bridgehead atoms. The lowest BCUT2D eigenvalue weighted by atomic mass is 10.1. The summed E-state index contributed by atoms with van der Waals surface area (Å²) in [6, 6.07) is -0.0336. The van der Waals surface area contributed by atoms with Gasteiger partial charge in [-0.15, -0.1) is 0 Å². The van der Waals surface area contributed by atoms with Crippen molar-refractivity contribution in [2.24, 2.45) is 0 Å². The van der Waals surface area contributed by atoms with Crippen LogP contribution in [-0.4, -0.2) is 15.9 Å². The van der Waals surface area contributed by atoms with E-state index in [1.165, 1.54) is 12.8 Å². The molecule has 2 N–H and O–H groups in total. The lowest BCUT2D eigenvalue weighted by Crippen LogP contribution is -2.26. The lowest BCUT2D eigenvalue weighted by molar-refractivity contribution is -0.121. The molecule has 0 fully saturated rings. The van der Waals surface area contributed by atoms with Crippen LogP contribution in [-0.2, 0) is 4.79 Å². The first-order valence-electron chi connectivity index (χ1n) is 6.02. The second-order valence-corrected chi connectivity index (χ2v) is 4.07. The maximum absolute atomic E-state index is 11.6. The molecular formula is C12H21N3O. The van der Waals surface area contributed by atoms with Gasteiger partial charge in [-0.2, -0.15) is 0 Å². The number of nitrogens with one attached hydrogen (secondary N) is 2. The highest BCUT2D eigenvalue weighted by Gasteiger charge is 2.10. The van der Waals surface area contributed by atoms with Crippen LogP contribution in [0.2, 0.25) is 0 Å². The molecule has 0 radical (unpaired) electrons. The van der Waals surface area contributed by atoms with E-state index in [9.17, 15) is 4.79 Å². The molecule has 1 aromatic heterocycles. The maximum Gasteiger partial charge on any atom is 0.220 e. The van der Waals surface area contributed by atoms with Gasteiger partial charge in [-0.05, 0) is 13.3 Å². The number of hydrogen-bond donors (Lipinski definition) is 2. The van der Waals surface area contributed by atoms with E-state index in [1.807, 2.05) is 6.92 Å². The third-order valence-electron chi connectivity index (χ3n) is 2.56. The predicted molar refractivity (Wildman–Crippen MR) is 63.9 cm³/mol. The average Bonchev–Trinajstić information content (AvgIpc) is 2.77. The molecule has 0 saturated carbocycles. The summed E-state index contributed by atoms with van der Waals surface area (Å²) in [5.41, 5.74) is 0. The van der Waals surface area contributed by atoms with Gasteiger partial charge in [0, 0.05) is 18.8 Å². The normalized spacial score (nSPS) is 12.4. The number of carbonyl (C=O) groups is 1. The van der Waals surface area contributed by atoms with E-state index >= 15 is 0 Å². The quantitative estimate of drug-likeness (QED) is 0.698. The van der Waals surface area contributed by atoms with Gasteiger partial charge in [-0.1, -0.05) is 26.2 Å². The Morgan fingerprint density at radius 3 is 2.94 bits per heavy atom. The van der Waals surface area contributed by atoms with Crippen molar-refractivity contribution in [2.45, 2.75) is 52.0 Å². The van der Waals surface area contributed by atoms with Crippen molar-refractivity contribution in [3.8, 4) is 0 Å². The molecule has 0 aliphatic rings. The molecule has 1 atom stereocenters. The molecule has 1 amide bonds. The van der Waals surface area contributed by atoms with Crippen LogP contribution in [0.25, 0.3) is 0 Å². The van der Waals surface area contributed by atoms with Crippen molar-refractivity contribution in [2.75, 3.05) is 0 Å². The molecular weight excluding hydrogens is 202 g/mol. The highest BCUT2D eigenvalue weighted by atomic mass is 16.1. The van der Waals surface area contributed by atoms with Gasteiger partial charge in [-0.25, -0.2) is 4.98 Å². The number of nitrogens with zero attached hydrogens (tertiary/aromatic N) is 1. The Labute approximate surface area is 96.9 Å². The van der Waals surface area contributed by atoms with Gasteiger partial charge in [0.1, 0.15) is 5.82 Å². The smallest absolute Gasteiger partial charge is 0.220 e. The van der Waals surface area contributed by atoms with E-state index in [2.05, 4.69) is 22.2 Å². The molecule has 1 rings (SSSR count). The Kier molecular flexibility index (Phi) is 5.61. The van der Waals surface area contributed by atoms with Crippen LogP contribution in [0, 0.1) is 0 Å². The summed E-state index contributed by atoms with van der Waals surface area (Å²) < 4.78 is 0. The molecule has 1 unspecified atom stereocenters. The van der Waals surface area contributed by atoms with Crippen LogP contribution >= 0.6 is 0 Å². The van der Waals surface area contributed by atoms with Crippen LogP contribution in [0.3, 0.4) is 0 Å². The number of aromatic amines is 1. The molecule has 90 valence electrons. The van der Waals surface area contributed by atoms with E-state index in [4.69, 9.17) is 0 Å². The Hall–Kier alpha value is -1.32. The van der Waals surface area contributed by atoms with Crippen molar-refractivity contribution in [1.82, 2.24) is 15.3 Å². The van der Waals surface area contributed by atoms with E-state index in [1.54, 1.807) is 12.4 Å². The third kappa shape index (κ3) is 4.47. The minimum Gasteiger partial charge on any atom is -0.347 e. The number of carbonyl (C=O) groups excluding carboxylic acids is 1. The van der Waals surface area contributed by atoms with E-state index in [0.717, 1.165) is 18.7 Å². The number of rotatable bonds is 7. The molecule has 1 heterocycles. The Bertz CT molecular complexity index is 295. The zero-order valence-electron chi connectivity index (χ0n) is 10.1. The molecule has 0 aliphatic heterocycles. The largest absolute Gasteiger partial charge is 0.347 e. The van der Waals surface area contributed by atoms with Crippen molar-refractivity contribution < 1.29 is 4.79 Å². The molecule has 4 nitrogen and oxygen atoms in total. The summed E-state index contributed by atoms with van der Waals surface area (Å²) in [6.45, 7) is 4.10. The fourth-order valence-electron chi connectivity index (χ4n) is 1.61. The van der Waals surface area contributed by atoms with Crippen molar-refractivity contribution >= 4 is 5.91 Å². The number of imidazole rings is 1. The van der Waals surface area contributed by atoms with E-state index in [0.29, 0.717) is 6.42 Å². The second kappa shape index (κ2) is 7.04. The van der Waals surface area contributed by atoms with Crippen LogP contribution < -0.4 is 5.32 Å². The van der Waals surface area contributed by atoms with Gasteiger partial charge >= 0.3 is 0 Å². The van der Waals surface area contributed by atoms with Gasteiger partial charge in [0.05, 0.1) is 6.04 Å². The fraction of sp³-hybridized carbons (Fsp3) is 0.667. The van der Waals surface area contributed by atoms with Crippen LogP contribution in [0.5, 0.6) is 0 Å². The third-order valence-corrected chi connectivity index (χ3v) is 2.56. The van der Waals surface area contributed by atoms with Gasteiger partial charge in [-0.3, -0.25) is 4.79 Å². The van der Waals surface area contributed by atoms with E-state index < -0.39 is 0 Å². The Morgan fingerprint density at radius 2 is 2.31 bits per heavy atom. The minimum atomic E-state index is -0.0336. The maximum atomic E-state index is 11.6. The zero-order valence-corrected chi connectivity index (χ0v) is 10.1. The molecule has 0 aromatic carbocycles. The Balaban J connectivity index is 2.19. The molecule has 0 spiro atoms. The van der Waals surface area contributed by atoms with Gasteiger partial charge < -0.3 is 10.3 Å². The first kappa shape index (κ1) is 12.7. The molecule has 0 aliphatic carbocycles. The minimum absolute atomic E-state index is 0.0336. The van der Waals surface area contributed by atoms with Crippen molar-refractivity contribution in [1.29, 1.82) is 0 Å². The first-order chi connectivity index (χ1) is 7.74. The SMILES string of the molecule is CCCCCCC(=O)NC(C)c1ncc[nH]1. The second-order valence-electron chi connectivity index (χ2n) is 4.07. The lowest BCUT2D eigenvalue weighted by Gasteiger charge is -2.11. The summed E-state index contributed by atoms with van der Waals surface area (Å²) in [5, 5.41) is 2.93. The highest BCUT2D eigenvalue weighted by molar-refractivity contribution is 5.76. The number of amides is 1. The topological polar surface area (TPSA) is 57.8 Å². The van der Waals surface area contributed by atoms with Gasteiger partial charge in [0.25, 0.3) is 0 Å². The van der Waals surface area contributed by atoms with Gasteiger partial charge in [0.2, 0.25) is 5.91 Å². The summed E-state index contributed by atoms with van der Waals surface area (Å²) in [4.78, 5) is 18.7. The van der Waals surface area contributed by atoms with Crippen molar-refractivity contribution in [3.63, 3.8) is 0 Å². The summed E-state index contributed by atoms with van der Waals surface area (Å²) in [5.74, 6) is 0.918. The summed E-state index contributed by atoms with van der Waals surface area (Å²) >= 11 is 0. The monoisotopic (exact) mass is 223 g/mol. The van der Waals surface area contributed by atoms with Crippen molar-refractivity contribution in [3.05, 3.63) is 18.2 Å². The number of H-pyrrole nitrogens is 1. The predicted octanol–water partition coefficient (Wildman–Crippen LogP) is 2.56. The number of aromatic nitrogens is 2. The molecule has 0 saturated heterocycles. The van der Waals surface area contributed by atoms with Crippen LogP contribution in [0.15, 0.2) is 12.4 Å². The summed E-state index contributed by atoms with van der Waals surface area (Å²) in [6.07, 6.45) is 8.60. The number of hydrogen-bond acceptors (Lipinski definition) is 2. The zero-order chi connectivity index (χ0) is 11.8. The molecule has 1 aromatic rings. The van der Waals surface area contributed by atoms with Crippen LogP contribution in [0.4, 0.5) is 0 Å². The Morgan fingerprint density at radius 1 is 1.50 bits per heavy atom. The molecule has 16 heavy (non-hydrogen) atoms. The summed E-state index contributed by atoms with van der Waals surface area (Å²) in [7, 11) is 0. The highest BCUT2D eigenvalue weighted by Crippen LogP contribution is 2.07. The van der Waals surface area contributed by atoms with Gasteiger partial charge in [0.15, 0.2) is 0 Å². The number of unbranched alkanes of at least 4 members (excludes halogenated alkanes) is 3. The first-order valence-corrected chi connectivity index (χ1v) is 6.02.